The fourth-order valence-electron chi connectivity index (χ4n) is 2.51. The van der Waals surface area contributed by atoms with E-state index in [1.165, 1.54) is 28.7 Å². The van der Waals surface area contributed by atoms with E-state index < -0.39 is 0 Å². The Kier molecular flexibility index (Phi) is 15.2. The lowest BCUT2D eigenvalue weighted by molar-refractivity contribution is 0.917. The highest BCUT2D eigenvalue weighted by atomic mass is 32.2. The van der Waals surface area contributed by atoms with E-state index in [9.17, 15) is 0 Å². The van der Waals surface area contributed by atoms with Crippen molar-refractivity contribution >= 4 is 11.8 Å². The molecule has 0 fully saturated rings. The Labute approximate surface area is 185 Å². The summed E-state index contributed by atoms with van der Waals surface area (Å²) in [5.41, 5.74) is 8.96. The smallest absolute Gasteiger partial charge is 0.0341 e. The van der Waals surface area contributed by atoms with E-state index in [1.807, 2.05) is 18.7 Å². The molecule has 0 saturated carbocycles. The largest absolute Gasteiger partial charge is 0.359 e. The molecule has 162 valence electrons. The number of hydrogen-bond donors (Lipinski definition) is 1. The molecule has 0 atom stereocenters. The molecule has 0 saturated heterocycles. The van der Waals surface area contributed by atoms with Crippen molar-refractivity contribution in [3.05, 3.63) is 81.6 Å². The van der Waals surface area contributed by atoms with Crippen LogP contribution in [0.5, 0.6) is 0 Å². The van der Waals surface area contributed by atoms with E-state index in [0.29, 0.717) is 0 Å². The highest BCUT2D eigenvalue weighted by molar-refractivity contribution is 8.02. The van der Waals surface area contributed by atoms with Crippen LogP contribution in [0, 0.1) is 0 Å². The minimum absolute atomic E-state index is 1.01. The van der Waals surface area contributed by atoms with E-state index in [4.69, 9.17) is 0 Å². The molecule has 0 aliphatic carbocycles. The van der Waals surface area contributed by atoms with Crippen LogP contribution in [0.25, 0.3) is 0 Å². The first-order valence-electron chi connectivity index (χ1n) is 10.7. The van der Waals surface area contributed by atoms with Gasteiger partial charge in [-0.3, -0.25) is 0 Å². The zero-order valence-corrected chi connectivity index (χ0v) is 20.9. The molecule has 0 aliphatic heterocycles. The standard InChI is InChI=1S/C27H43NS/c1-10-27(19-25(8)22(4)5)28-26(9)20-29-18-17-24(7)16-12-15-23(6)14-11-13-21(2)3/h10,13,15,17,19-20,28H,4,11-12,14,16,18H2,1-3,5-9H3/b23-15+,24-17+,25-19+,26-20+,27-10+. The van der Waals surface area contributed by atoms with Gasteiger partial charge in [0.05, 0.1) is 0 Å². The van der Waals surface area contributed by atoms with Gasteiger partial charge in [-0.15, -0.1) is 11.8 Å². The van der Waals surface area contributed by atoms with Gasteiger partial charge < -0.3 is 5.32 Å². The maximum Gasteiger partial charge on any atom is 0.0341 e. The highest BCUT2D eigenvalue weighted by Crippen LogP contribution is 2.14. The molecule has 0 unspecified atom stereocenters. The van der Waals surface area contributed by atoms with E-state index in [-0.39, 0.29) is 0 Å². The Balaban J connectivity index is 4.34. The van der Waals surface area contributed by atoms with Gasteiger partial charge in [0.15, 0.2) is 0 Å². The monoisotopic (exact) mass is 413 g/mol. The summed E-state index contributed by atoms with van der Waals surface area (Å²) in [7, 11) is 0. The molecule has 0 aromatic rings. The normalized spacial score (nSPS) is 14.1. The van der Waals surface area contributed by atoms with Gasteiger partial charge in [0.25, 0.3) is 0 Å². The quantitative estimate of drug-likeness (QED) is 0.184. The second-order valence-corrected chi connectivity index (χ2v) is 8.97. The number of hydrogen-bond acceptors (Lipinski definition) is 2. The summed E-state index contributed by atoms with van der Waals surface area (Å²) >= 11 is 1.83. The average molecular weight is 414 g/mol. The maximum absolute atomic E-state index is 3.99. The molecule has 1 N–H and O–H groups in total. The van der Waals surface area contributed by atoms with Crippen LogP contribution in [-0.4, -0.2) is 5.75 Å². The predicted molar refractivity (Wildman–Crippen MR) is 137 cm³/mol. The lowest BCUT2D eigenvalue weighted by atomic mass is 10.1. The summed E-state index contributed by atoms with van der Waals surface area (Å²) in [5.74, 6) is 1.01. The molecule has 0 aromatic carbocycles. The minimum Gasteiger partial charge on any atom is -0.359 e. The number of nitrogens with one attached hydrogen (secondary N) is 1. The molecular weight excluding hydrogens is 370 g/mol. The van der Waals surface area contributed by atoms with Gasteiger partial charge in [-0.25, -0.2) is 0 Å². The number of thioether (sulfide) groups is 1. The molecule has 1 nitrogen and oxygen atoms in total. The average Bonchev–Trinajstić information content (AvgIpc) is 2.64. The zero-order chi connectivity index (χ0) is 22.2. The van der Waals surface area contributed by atoms with Gasteiger partial charge in [0.1, 0.15) is 0 Å². The summed E-state index contributed by atoms with van der Waals surface area (Å²) in [6.07, 6.45) is 15.9. The lowest BCUT2D eigenvalue weighted by Gasteiger charge is -2.09. The highest BCUT2D eigenvalue weighted by Gasteiger charge is 1.96. The van der Waals surface area contributed by atoms with Crippen molar-refractivity contribution in [3.63, 3.8) is 0 Å². The van der Waals surface area contributed by atoms with Crippen LogP contribution >= 0.6 is 11.8 Å². The molecule has 0 aliphatic rings. The van der Waals surface area contributed by atoms with E-state index in [2.05, 4.69) is 96.2 Å². The first-order chi connectivity index (χ1) is 13.6. The second kappa shape index (κ2) is 16.2. The van der Waals surface area contributed by atoms with Crippen molar-refractivity contribution in [2.45, 2.75) is 81.1 Å². The van der Waals surface area contributed by atoms with Crippen molar-refractivity contribution in [1.29, 1.82) is 0 Å². The number of rotatable bonds is 13. The summed E-state index contributed by atoms with van der Waals surface area (Å²) in [4.78, 5) is 0. The fourth-order valence-corrected chi connectivity index (χ4v) is 3.29. The Hall–Kier alpha value is -1.67. The molecule has 0 spiro atoms. The van der Waals surface area contributed by atoms with Crippen LogP contribution in [0.1, 0.15) is 81.1 Å². The Morgan fingerprint density at radius 3 is 2.00 bits per heavy atom. The molecule has 2 heteroatoms. The first-order valence-corrected chi connectivity index (χ1v) is 11.7. The third-order valence-electron chi connectivity index (χ3n) is 4.61. The van der Waals surface area contributed by atoms with E-state index >= 15 is 0 Å². The molecule has 0 aromatic heterocycles. The molecule has 0 bridgehead atoms. The van der Waals surface area contributed by atoms with Crippen LogP contribution in [-0.2, 0) is 0 Å². The lowest BCUT2D eigenvalue weighted by Crippen LogP contribution is -2.08. The second-order valence-electron chi connectivity index (χ2n) is 8.07. The van der Waals surface area contributed by atoms with Crippen LogP contribution < -0.4 is 5.32 Å². The molecule has 29 heavy (non-hydrogen) atoms. The van der Waals surface area contributed by atoms with Crippen LogP contribution in [0.3, 0.4) is 0 Å². The molecular formula is C27H43NS. The van der Waals surface area contributed by atoms with E-state index in [0.717, 1.165) is 42.0 Å². The third kappa shape index (κ3) is 15.9. The van der Waals surface area contributed by atoms with Crippen LogP contribution in [0.4, 0.5) is 0 Å². The number of allylic oxidation sites excluding steroid dienone is 10. The van der Waals surface area contributed by atoms with Crippen molar-refractivity contribution in [2.24, 2.45) is 0 Å². The topological polar surface area (TPSA) is 12.0 Å². The van der Waals surface area contributed by atoms with Gasteiger partial charge in [-0.1, -0.05) is 53.2 Å². The van der Waals surface area contributed by atoms with Gasteiger partial charge >= 0.3 is 0 Å². The summed E-state index contributed by atoms with van der Waals surface area (Å²) in [6.45, 7) is 21.1. The SMILES string of the molecule is C=C(C)/C(C)=C/C(=C\C)N/C(C)=C/SC/C=C(\C)CC/C=C(\C)CCC=C(C)C. The first kappa shape index (κ1) is 27.3. The Bertz CT molecular complexity index is 692. The Morgan fingerprint density at radius 1 is 0.862 bits per heavy atom. The minimum atomic E-state index is 1.01. The third-order valence-corrected chi connectivity index (χ3v) is 5.49. The van der Waals surface area contributed by atoms with Crippen molar-refractivity contribution in [1.82, 2.24) is 5.32 Å². The molecule has 0 rings (SSSR count). The maximum atomic E-state index is 3.99. The van der Waals surface area contributed by atoms with Crippen molar-refractivity contribution in [2.75, 3.05) is 5.75 Å². The van der Waals surface area contributed by atoms with Gasteiger partial charge in [-0.05, 0) is 98.1 Å². The summed E-state index contributed by atoms with van der Waals surface area (Å²) < 4.78 is 0. The fraction of sp³-hybridized carbons (Fsp3) is 0.481. The predicted octanol–water partition coefficient (Wildman–Crippen LogP) is 9.02. The van der Waals surface area contributed by atoms with Crippen LogP contribution in [0.15, 0.2) is 81.6 Å². The molecule has 0 amide bonds. The summed E-state index contributed by atoms with van der Waals surface area (Å²) in [6, 6.07) is 0. The molecule has 0 heterocycles. The van der Waals surface area contributed by atoms with Crippen molar-refractivity contribution in [3.8, 4) is 0 Å². The van der Waals surface area contributed by atoms with Gasteiger partial charge in [-0.2, -0.15) is 0 Å². The Morgan fingerprint density at radius 2 is 1.45 bits per heavy atom. The van der Waals surface area contributed by atoms with Gasteiger partial charge in [0, 0.05) is 17.1 Å². The van der Waals surface area contributed by atoms with Crippen molar-refractivity contribution < 1.29 is 0 Å². The van der Waals surface area contributed by atoms with E-state index in [1.54, 1.807) is 0 Å². The molecule has 0 radical (unpaired) electrons. The van der Waals surface area contributed by atoms with Gasteiger partial charge in [0.2, 0.25) is 0 Å². The zero-order valence-electron chi connectivity index (χ0n) is 20.1. The van der Waals surface area contributed by atoms with Crippen LogP contribution in [0.2, 0.25) is 0 Å². The summed E-state index contributed by atoms with van der Waals surface area (Å²) in [5, 5.41) is 5.66.